The van der Waals surface area contributed by atoms with Gasteiger partial charge in [0.1, 0.15) is 5.75 Å². The number of aryl methyl sites for hydroxylation is 1. The maximum Gasteiger partial charge on any atom is 0.387 e. The van der Waals surface area contributed by atoms with E-state index in [4.69, 9.17) is 0 Å². The molecule has 0 aliphatic carbocycles. The maximum absolute atomic E-state index is 12.6. The monoisotopic (exact) mass is 374 g/mol. The average Bonchev–Trinajstić information content (AvgIpc) is 3.00. The van der Waals surface area contributed by atoms with Gasteiger partial charge in [0.05, 0.1) is 11.6 Å². The number of halogens is 2. The molecule has 1 fully saturated rings. The first-order chi connectivity index (χ1) is 12.9. The summed E-state index contributed by atoms with van der Waals surface area (Å²) in [6.07, 6.45) is 0.0666. The Morgan fingerprint density at radius 1 is 1.19 bits per heavy atom. The molecule has 1 aliphatic rings. The number of nitrogens with zero attached hydrogens (tertiary/aromatic N) is 1. The van der Waals surface area contributed by atoms with Crippen LogP contribution >= 0.6 is 0 Å². The van der Waals surface area contributed by atoms with E-state index in [2.05, 4.69) is 10.1 Å². The first kappa shape index (κ1) is 18.8. The second-order valence-electron chi connectivity index (χ2n) is 6.49. The third-order valence-electron chi connectivity index (χ3n) is 4.72. The molecule has 0 radical (unpaired) electrons. The summed E-state index contributed by atoms with van der Waals surface area (Å²) in [7, 11) is 0. The molecule has 0 aromatic heterocycles. The summed E-state index contributed by atoms with van der Waals surface area (Å²) >= 11 is 0. The molecule has 5 nitrogen and oxygen atoms in total. The molecule has 2 aromatic carbocycles. The van der Waals surface area contributed by atoms with Crippen molar-refractivity contribution < 1.29 is 23.1 Å². The molecule has 142 valence electrons. The van der Waals surface area contributed by atoms with Crippen LogP contribution in [0.3, 0.4) is 0 Å². The van der Waals surface area contributed by atoms with Gasteiger partial charge in [-0.2, -0.15) is 8.78 Å². The fraction of sp³-hybridized carbons (Fsp3) is 0.300. The number of benzene rings is 2. The Balaban J connectivity index is 1.74. The standard InChI is InChI=1S/C20H20F2N2O3/c1-12-6-5-8-16(13(12)2)24-11-14(10-18(24)25)19(26)23-15-7-3-4-9-17(15)27-20(21)22/h3-9,14,20H,10-11H2,1-2H3,(H,23,26)/t14-/m0/s1. The molecule has 0 bridgehead atoms. The molecule has 2 aromatic rings. The summed E-state index contributed by atoms with van der Waals surface area (Å²) in [6, 6.07) is 11.7. The SMILES string of the molecule is Cc1cccc(N2C[C@@H](C(=O)Nc3ccccc3OC(F)F)CC2=O)c1C. The smallest absolute Gasteiger partial charge is 0.387 e. The van der Waals surface area contributed by atoms with Gasteiger partial charge < -0.3 is 15.0 Å². The number of ether oxygens (including phenoxy) is 1. The molecular formula is C20H20F2N2O3. The fourth-order valence-corrected chi connectivity index (χ4v) is 3.15. The Hall–Kier alpha value is -2.96. The molecule has 1 aliphatic heterocycles. The number of nitrogens with one attached hydrogen (secondary N) is 1. The van der Waals surface area contributed by atoms with E-state index in [1.165, 1.54) is 18.2 Å². The van der Waals surface area contributed by atoms with Crippen molar-refractivity contribution in [2.45, 2.75) is 26.9 Å². The van der Waals surface area contributed by atoms with E-state index in [0.29, 0.717) is 0 Å². The van der Waals surface area contributed by atoms with Crippen LogP contribution in [0.4, 0.5) is 20.2 Å². The van der Waals surface area contributed by atoms with Crippen LogP contribution in [-0.4, -0.2) is 25.0 Å². The van der Waals surface area contributed by atoms with Crippen LogP contribution in [0.5, 0.6) is 5.75 Å². The van der Waals surface area contributed by atoms with Crippen molar-refractivity contribution in [1.29, 1.82) is 0 Å². The predicted octanol–water partition coefficient (Wildman–Crippen LogP) is 3.90. The number of hydrogen-bond donors (Lipinski definition) is 1. The van der Waals surface area contributed by atoms with Crippen molar-refractivity contribution in [2.24, 2.45) is 5.92 Å². The molecule has 2 amide bonds. The summed E-state index contributed by atoms with van der Waals surface area (Å²) in [6.45, 7) is 1.15. The van der Waals surface area contributed by atoms with Crippen LogP contribution in [0.15, 0.2) is 42.5 Å². The molecule has 0 unspecified atom stereocenters. The first-order valence-corrected chi connectivity index (χ1v) is 8.58. The van der Waals surface area contributed by atoms with Crippen molar-refractivity contribution in [3.63, 3.8) is 0 Å². The van der Waals surface area contributed by atoms with Gasteiger partial charge in [-0.3, -0.25) is 9.59 Å². The van der Waals surface area contributed by atoms with Crippen LogP contribution in [0.1, 0.15) is 17.5 Å². The molecule has 3 rings (SSSR count). The van der Waals surface area contributed by atoms with Crippen LogP contribution in [0.2, 0.25) is 0 Å². The topological polar surface area (TPSA) is 58.6 Å². The van der Waals surface area contributed by atoms with E-state index in [-0.39, 0.29) is 30.3 Å². The highest BCUT2D eigenvalue weighted by molar-refractivity contribution is 6.04. The lowest BCUT2D eigenvalue weighted by Gasteiger charge is -2.20. The van der Waals surface area contributed by atoms with Crippen LogP contribution in [-0.2, 0) is 9.59 Å². The van der Waals surface area contributed by atoms with E-state index in [1.54, 1.807) is 11.0 Å². The first-order valence-electron chi connectivity index (χ1n) is 8.58. The quantitative estimate of drug-likeness (QED) is 0.864. The van der Waals surface area contributed by atoms with Crippen molar-refractivity contribution >= 4 is 23.2 Å². The zero-order valence-electron chi connectivity index (χ0n) is 15.0. The van der Waals surface area contributed by atoms with E-state index in [1.807, 2.05) is 32.0 Å². The van der Waals surface area contributed by atoms with Crippen molar-refractivity contribution in [3.8, 4) is 5.75 Å². The zero-order chi connectivity index (χ0) is 19.6. The zero-order valence-corrected chi connectivity index (χ0v) is 15.0. The van der Waals surface area contributed by atoms with Gasteiger partial charge in [-0.15, -0.1) is 0 Å². The lowest BCUT2D eigenvalue weighted by molar-refractivity contribution is -0.122. The van der Waals surface area contributed by atoms with Crippen molar-refractivity contribution in [3.05, 3.63) is 53.6 Å². The maximum atomic E-state index is 12.6. The fourth-order valence-electron chi connectivity index (χ4n) is 3.15. The number of carbonyl (C=O) groups excluding carboxylic acids is 2. The number of alkyl halides is 2. The molecule has 1 heterocycles. The Bertz CT molecular complexity index is 870. The predicted molar refractivity (Wildman–Crippen MR) is 98.1 cm³/mol. The Labute approximate surface area is 155 Å². The lowest BCUT2D eigenvalue weighted by Crippen LogP contribution is -2.28. The number of carbonyl (C=O) groups is 2. The van der Waals surface area contributed by atoms with E-state index < -0.39 is 18.4 Å². The summed E-state index contributed by atoms with van der Waals surface area (Å²) in [4.78, 5) is 26.6. The van der Waals surface area contributed by atoms with Crippen molar-refractivity contribution in [2.75, 3.05) is 16.8 Å². The molecule has 1 saturated heterocycles. The summed E-state index contributed by atoms with van der Waals surface area (Å²) in [5, 5.41) is 2.60. The molecule has 1 N–H and O–H groups in total. The summed E-state index contributed by atoms with van der Waals surface area (Å²) < 4.78 is 29.5. The van der Waals surface area contributed by atoms with E-state index in [0.717, 1.165) is 16.8 Å². The largest absolute Gasteiger partial charge is 0.433 e. The Morgan fingerprint density at radius 2 is 1.93 bits per heavy atom. The highest BCUT2D eigenvalue weighted by atomic mass is 19.3. The third-order valence-corrected chi connectivity index (χ3v) is 4.72. The Kier molecular flexibility index (Phi) is 5.39. The van der Waals surface area contributed by atoms with Crippen LogP contribution in [0.25, 0.3) is 0 Å². The minimum absolute atomic E-state index is 0.0666. The van der Waals surface area contributed by atoms with Crippen molar-refractivity contribution in [1.82, 2.24) is 0 Å². The van der Waals surface area contributed by atoms with Gasteiger partial charge >= 0.3 is 6.61 Å². The van der Waals surface area contributed by atoms with Gasteiger partial charge in [0.2, 0.25) is 11.8 Å². The summed E-state index contributed by atoms with van der Waals surface area (Å²) in [5.74, 6) is -1.23. The van der Waals surface area contributed by atoms with Gasteiger partial charge in [0.25, 0.3) is 0 Å². The average molecular weight is 374 g/mol. The molecule has 7 heteroatoms. The molecule has 1 atom stereocenters. The van der Waals surface area contributed by atoms with Gasteiger partial charge in [0, 0.05) is 18.7 Å². The van der Waals surface area contributed by atoms with Gasteiger partial charge in [-0.1, -0.05) is 24.3 Å². The number of amides is 2. The molecule has 0 spiro atoms. The van der Waals surface area contributed by atoms with E-state index in [9.17, 15) is 18.4 Å². The number of rotatable bonds is 5. The van der Waals surface area contributed by atoms with Gasteiger partial charge in [-0.25, -0.2) is 0 Å². The lowest BCUT2D eigenvalue weighted by atomic mass is 10.1. The van der Waals surface area contributed by atoms with Gasteiger partial charge in [-0.05, 0) is 43.2 Å². The second-order valence-corrected chi connectivity index (χ2v) is 6.49. The second kappa shape index (κ2) is 7.73. The highest BCUT2D eigenvalue weighted by Gasteiger charge is 2.36. The summed E-state index contributed by atoms with van der Waals surface area (Å²) in [5.41, 5.74) is 2.99. The third kappa shape index (κ3) is 4.07. The van der Waals surface area contributed by atoms with Crippen LogP contribution in [0, 0.1) is 19.8 Å². The van der Waals surface area contributed by atoms with E-state index >= 15 is 0 Å². The van der Waals surface area contributed by atoms with Gasteiger partial charge in [0.15, 0.2) is 0 Å². The minimum Gasteiger partial charge on any atom is -0.433 e. The number of para-hydroxylation sites is 2. The molecule has 0 saturated carbocycles. The normalized spacial score (nSPS) is 16.7. The number of anilines is 2. The highest BCUT2D eigenvalue weighted by Crippen LogP contribution is 2.31. The number of hydrogen-bond acceptors (Lipinski definition) is 3. The Morgan fingerprint density at radius 3 is 2.67 bits per heavy atom. The molecule has 27 heavy (non-hydrogen) atoms. The minimum atomic E-state index is -2.99. The van der Waals surface area contributed by atoms with Crippen LogP contribution < -0.4 is 15.0 Å². The molecular weight excluding hydrogens is 354 g/mol.